The number of hydrogen-bond acceptors (Lipinski definition) is 2. The number of nitrogens with two attached hydrogens (primary N) is 1. The number of aryl methyl sites for hydroxylation is 2. The van der Waals surface area contributed by atoms with Crippen LogP contribution in [0.2, 0.25) is 5.02 Å². The Balaban J connectivity index is 3.00. The number of rotatable bonds is 0. The summed E-state index contributed by atoms with van der Waals surface area (Å²) in [5.41, 5.74) is 9.31. The first-order valence-electron chi connectivity index (χ1n) is 4.41. The minimum atomic E-state index is 0.677. The van der Waals surface area contributed by atoms with Gasteiger partial charge in [0.05, 0.1) is 16.2 Å². The lowest BCUT2D eigenvalue weighted by atomic mass is 10.1. The summed E-state index contributed by atoms with van der Waals surface area (Å²) in [6.45, 7) is 3.91. The molecule has 0 aliphatic heterocycles. The fourth-order valence-corrected chi connectivity index (χ4v) is 1.99. The highest BCUT2D eigenvalue weighted by molar-refractivity contribution is 6.36. The van der Waals surface area contributed by atoms with Gasteiger partial charge in [-0.3, -0.25) is 4.98 Å². The summed E-state index contributed by atoms with van der Waals surface area (Å²) in [5, 5.41) is 1.68. The molecule has 0 bridgehead atoms. The molecule has 1 aromatic heterocycles. The fourth-order valence-electron chi connectivity index (χ4n) is 1.59. The maximum Gasteiger partial charge on any atom is 0.0951 e. The van der Waals surface area contributed by atoms with Gasteiger partial charge in [-0.05, 0) is 31.5 Å². The molecule has 2 N–H and O–H groups in total. The molecule has 1 heterocycles. The molecule has 0 saturated carbocycles. The first-order valence-corrected chi connectivity index (χ1v) is 4.79. The Morgan fingerprint density at radius 1 is 1.29 bits per heavy atom. The zero-order valence-electron chi connectivity index (χ0n) is 8.13. The van der Waals surface area contributed by atoms with E-state index in [0.717, 1.165) is 27.2 Å². The first-order chi connectivity index (χ1) is 6.59. The predicted octanol–water partition coefficient (Wildman–Crippen LogP) is 3.09. The lowest BCUT2D eigenvalue weighted by molar-refractivity contribution is 1.25. The summed E-state index contributed by atoms with van der Waals surface area (Å²) in [6, 6.07) is 5.68. The van der Waals surface area contributed by atoms with E-state index < -0.39 is 0 Å². The molecule has 0 atom stereocenters. The molecule has 0 aliphatic carbocycles. The van der Waals surface area contributed by atoms with Gasteiger partial charge in [0.25, 0.3) is 0 Å². The Kier molecular flexibility index (Phi) is 2.08. The van der Waals surface area contributed by atoms with Gasteiger partial charge >= 0.3 is 0 Å². The van der Waals surface area contributed by atoms with Gasteiger partial charge in [0, 0.05) is 11.1 Å². The number of halogens is 1. The van der Waals surface area contributed by atoms with Gasteiger partial charge in [-0.1, -0.05) is 17.7 Å². The van der Waals surface area contributed by atoms with Gasteiger partial charge < -0.3 is 5.73 Å². The van der Waals surface area contributed by atoms with Crippen molar-refractivity contribution in [2.24, 2.45) is 0 Å². The summed E-state index contributed by atoms with van der Waals surface area (Å²) in [7, 11) is 0. The number of nitrogens with zero attached hydrogens (tertiary/aromatic N) is 1. The predicted molar refractivity (Wildman–Crippen MR) is 60.6 cm³/mol. The van der Waals surface area contributed by atoms with E-state index in [1.54, 1.807) is 0 Å². The molecule has 1 aromatic carbocycles. The molecule has 0 aliphatic rings. The van der Waals surface area contributed by atoms with Crippen LogP contribution in [-0.4, -0.2) is 4.98 Å². The second-order valence-corrected chi connectivity index (χ2v) is 3.85. The summed E-state index contributed by atoms with van der Waals surface area (Å²) in [4.78, 5) is 4.39. The number of hydrogen-bond donors (Lipinski definition) is 1. The molecular weight excluding hydrogens is 196 g/mol. The molecule has 0 unspecified atom stereocenters. The van der Waals surface area contributed by atoms with Crippen molar-refractivity contribution in [3.8, 4) is 0 Å². The van der Waals surface area contributed by atoms with Crippen molar-refractivity contribution in [1.29, 1.82) is 0 Å². The second kappa shape index (κ2) is 3.14. The smallest absolute Gasteiger partial charge is 0.0951 e. The van der Waals surface area contributed by atoms with Crippen molar-refractivity contribution in [1.82, 2.24) is 4.98 Å². The van der Waals surface area contributed by atoms with Crippen LogP contribution in [0.15, 0.2) is 18.2 Å². The number of pyridine rings is 1. The first kappa shape index (κ1) is 9.28. The molecule has 3 heteroatoms. The number of nitrogen functional groups attached to an aromatic ring is 1. The molecule has 2 nitrogen and oxygen atoms in total. The molecule has 0 fully saturated rings. The van der Waals surface area contributed by atoms with Gasteiger partial charge in [0.2, 0.25) is 0 Å². The molecule has 72 valence electrons. The van der Waals surface area contributed by atoms with Gasteiger partial charge in [-0.25, -0.2) is 0 Å². The normalized spacial score (nSPS) is 10.8. The van der Waals surface area contributed by atoms with Gasteiger partial charge in [-0.2, -0.15) is 0 Å². The molecule has 2 aromatic rings. The quantitative estimate of drug-likeness (QED) is 0.673. The molecule has 2 rings (SSSR count). The van der Waals surface area contributed by atoms with Crippen molar-refractivity contribution < 1.29 is 0 Å². The van der Waals surface area contributed by atoms with E-state index in [9.17, 15) is 0 Å². The lowest BCUT2D eigenvalue weighted by Gasteiger charge is -2.07. The Morgan fingerprint density at radius 2 is 2.00 bits per heavy atom. The fraction of sp³-hybridized carbons (Fsp3) is 0.182. The van der Waals surface area contributed by atoms with Crippen molar-refractivity contribution in [3.63, 3.8) is 0 Å². The zero-order chi connectivity index (χ0) is 10.3. The van der Waals surface area contributed by atoms with Crippen molar-refractivity contribution in [2.75, 3.05) is 5.73 Å². The largest absolute Gasteiger partial charge is 0.397 e. The number of aromatic nitrogens is 1. The molecular formula is C11H11ClN2. The van der Waals surface area contributed by atoms with Crippen LogP contribution >= 0.6 is 11.6 Å². The Labute approximate surface area is 87.7 Å². The molecule has 14 heavy (non-hydrogen) atoms. The standard InChI is InChI=1S/C11H11ClN2/c1-6-3-4-9(13)11-10(6)8(12)5-7(2)14-11/h3-5H,13H2,1-2H3. The van der Waals surface area contributed by atoms with E-state index in [4.69, 9.17) is 17.3 Å². The van der Waals surface area contributed by atoms with Crippen molar-refractivity contribution >= 4 is 28.2 Å². The highest BCUT2D eigenvalue weighted by Crippen LogP contribution is 2.29. The van der Waals surface area contributed by atoms with Crippen LogP contribution in [0.3, 0.4) is 0 Å². The van der Waals surface area contributed by atoms with Crippen LogP contribution in [0.4, 0.5) is 5.69 Å². The summed E-state index contributed by atoms with van der Waals surface area (Å²) >= 11 is 6.14. The van der Waals surface area contributed by atoms with E-state index in [0.29, 0.717) is 5.69 Å². The SMILES string of the molecule is Cc1cc(Cl)c2c(C)ccc(N)c2n1. The summed E-state index contributed by atoms with van der Waals surface area (Å²) in [6.07, 6.45) is 0. The Morgan fingerprint density at radius 3 is 2.71 bits per heavy atom. The van der Waals surface area contributed by atoms with Crippen molar-refractivity contribution in [2.45, 2.75) is 13.8 Å². The zero-order valence-corrected chi connectivity index (χ0v) is 8.89. The van der Waals surface area contributed by atoms with E-state index in [-0.39, 0.29) is 0 Å². The van der Waals surface area contributed by atoms with E-state index in [2.05, 4.69) is 4.98 Å². The summed E-state index contributed by atoms with van der Waals surface area (Å²) in [5.74, 6) is 0. The van der Waals surface area contributed by atoms with Gasteiger partial charge in [0.1, 0.15) is 0 Å². The van der Waals surface area contributed by atoms with E-state index in [1.807, 2.05) is 32.0 Å². The van der Waals surface area contributed by atoms with Crippen LogP contribution < -0.4 is 5.73 Å². The third-order valence-corrected chi connectivity index (χ3v) is 2.58. The average molecular weight is 207 g/mol. The number of fused-ring (bicyclic) bond motifs is 1. The molecule has 0 saturated heterocycles. The van der Waals surface area contributed by atoms with Crippen LogP contribution in [-0.2, 0) is 0 Å². The van der Waals surface area contributed by atoms with Crippen LogP contribution in [0.25, 0.3) is 10.9 Å². The maximum atomic E-state index is 6.14. The van der Waals surface area contributed by atoms with Gasteiger partial charge in [0.15, 0.2) is 0 Å². The van der Waals surface area contributed by atoms with Crippen LogP contribution in [0, 0.1) is 13.8 Å². The molecule has 0 spiro atoms. The third kappa shape index (κ3) is 1.32. The number of anilines is 1. The topological polar surface area (TPSA) is 38.9 Å². The molecule has 0 radical (unpaired) electrons. The number of benzene rings is 1. The van der Waals surface area contributed by atoms with Crippen LogP contribution in [0.5, 0.6) is 0 Å². The Bertz CT molecular complexity index is 506. The monoisotopic (exact) mass is 206 g/mol. The third-order valence-electron chi connectivity index (χ3n) is 2.28. The highest BCUT2D eigenvalue weighted by Gasteiger charge is 2.07. The van der Waals surface area contributed by atoms with Gasteiger partial charge in [-0.15, -0.1) is 0 Å². The van der Waals surface area contributed by atoms with Crippen molar-refractivity contribution in [3.05, 3.63) is 34.5 Å². The van der Waals surface area contributed by atoms with Crippen LogP contribution in [0.1, 0.15) is 11.3 Å². The average Bonchev–Trinajstić information content (AvgIpc) is 2.10. The Hall–Kier alpha value is -1.28. The van der Waals surface area contributed by atoms with E-state index >= 15 is 0 Å². The highest BCUT2D eigenvalue weighted by atomic mass is 35.5. The minimum absolute atomic E-state index is 0.677. The maximum absolute atomic E-state index is 6.14. The second-order valence-electron chi connectivity index (χ2n) is 3.44. The molecule has 0 amide bonds. The summed E-state index contributed by atoms with van der Waals surface area (Å²) < 4.78 is 0. The lowest BCUT2D eigenvalue weighted by Crippen LogP contribution is -1.93. The van der Waals surface area contributed by atoms with E-state index in [1.165, 1.54) is 0 Å². The minimum Gasteiger partial charge on any atom is -0.397 e.